The van der Waals surface area contributed by atoms with Crippen molar-refractivity contribution in [2.75, 3.05) is 13.1 Å². The van der Waals surface area contributed by atoms with Gasteiger partial charge in [-0.2, -0.15) is 0 Å². The number of hydrogen-bond donors (Lipinski definition) is 1. The smallest absolute Gasteiger partial charge is 0.273 e. The maximum absolute atomic E-state index is 12.4. The van der Waals surface area contributed by atoms with Crippen LogP contribution in [0.1, 0.15) is 54.5 Å². The van der Waals surface area contributed by atoms with Gasteiger partial charge in [0.1, 0.15) is 5.69 Å². The maximum Gasteiger partial charge on any atom is 0.273 e. The molecule has 2 heterocycles. The second kappa shape index (κ2) is 8.82. The number of carbonyl (C=O) groups is 1. The highest BCUT2D eigenvalue weighted by Crippen LogP contribution is 2.23. The number of piperidine rings is 1. The van der Waals surface area contributed by atoms with Crippen LogP contribution in [-0.4, -0.2) is 34.9 Å². The van der Waals surface area contributed by atoms with Gasteiger partial charge in [-0.15, -0.1) is 36.2 Å². The molecule has 0 aliphatic carbocycles. The van der Waals surface area contributed by atoms with Crippen LogP contribution in [0.2, 0.25) is 0 Å². The number of thiazole rings is 1. The van der Waals surface area contributed by atoms with Gasteiger partial charge < -0.3 is 10.6 Å². The molecule has 1 aliphatic heterocycles. The van der Waals surface area contributed by atoms with Crippen molar-refractivity contribution in [2.24, 2.45) is 5.73 Å². The van der Waals surface area contributed by atoms with Crippen molar-refractivity contribution in [3.8, 4) is 0 Å². The molecule has 0 bridgehead atoms. The van der Waals surface area contributed by atoms with Gasteiger partial charge in [-0.3, -0.25) is 4.79 Å². The Labute approximate surface area is 137 Å². The van der Waals surface area contributed by atoms with Gasteiger partial charge in [0.2, 0.25) is 0 Å². The molecule has 1 amide bonds. The van der Waals surface area contributed by atoms with E-state index in [1.165, 1.54) is 6.42 Å². The van der Waals surface area contributed by atoms with Crippen LogP contribution in [0.4, 0.5) is 0 Å². The SMILES string of the molecule is CC(C)c1nc(C(=O)N2CCCCC2CN)cs1.Cl.Cl. The molecule has 20 heavy (non-hydrogen) atoms. The first-order valence-corrected chi connectivity index (χ1v) is 7.48. The van der Waals surface area contributed by atoms with Crippen LogP contribution >= 0.6 is 36.2 Å². The lowest BCUT2D eigenvalue weighted by Gasteiger charge is -2.34. The van der Waals surface area contributed by atoms with Crippen LogP contribution in [0, 0.1) is 0 Å². The molecular formula is C13H23Cl2N3OS. The van der Waals surface area contributed by atoms with Gasteiger partial charge >= 0.3 is 0 Å². The number of carbonyl (C=O) groups excluding carboxylic acids is 1. The fourth-order valence-electron chi connectivity index (χ4n) is 2.31. The first-order chi connectivity index (χ1) is 8.63. The van der Waals surface area contributed by atoms with Crippen LogP contribution in [0.5, 0.6) is 0 Å². The third-order valence-electron chi connectivity index (χ3n) is 3.40. The molecule has 1 saturated heterocycles. The van der Waals surface area contributed by atoms with Crippen molar-refractivity contribution < 1.29 is 4.79 Å². The van der Waals surface area contributed by atoms with E-state index in [9.17, 15) is 4.79 Å². The van der Waals surface area contributed by atoms with Gasteiger partial charge in [0.15, 0.2) is 0 Å². The molecule has 7 heteroatoms. The molecule has 4 nitrogen and oxygen atoms in total. The Bertz CT molecular complexity index is 426. The van der Waals surface area contributed by atoms with E-state index < -0.39 is 0 Å². The lowest BCUT2D eigenvalue weighted by Crippen LogP contribution is -2.47. The van der Waals surface area contributed by atoms with E-state index in [1.54, 1.807) is 11.3 Å². The fourth-order valence-corrected chi connectivity index (χ4v) is 3.12. The minimum absolute atomic E-state index is 0. The Balaban J connectivity index is 0.00000180. The van der Waals surface area contributed by atoms with Gasteiger partial charge in [-0.1, -0.05) is 13.8 Å². The highest BCUT2D eigenvalue weighted by Gasteiger charge is 2.27. The second-order valence-corrected chi connectivity index (χ2v) is 6.00. The van der Waals surface area contributed by atoms with E-state index in [0.29, 0.717) is 18.2 Å². The summed E-state index contributed by atoms with van der Waals surface area (Å²) in [6, 6.07) is 0.190. The predicted octanol–water partition coefficient (Wildman–Crippen LogP) is 3.06. The molecule has 1 atom stereocenters. The van der Waals surface area contributed by atoms with Crippen molar-refractivity contribution in [1.29, 1.82) is 0 Å². The van der Waals surface area contributed by atoms with Gasteiger partial charge in [0, 0.05) is 30.4 Å². The normalized spacial score (nSPS) is 18.4. The number of aromatic nitrogens is 1. The summed E-state index contributed by atoms with van der Waals surface area (Å²) in [5, 5.41) is 2.90. The van der Waals surface area contributed by atoms with E-state index in [1.807, 2.05) is 10.3 Å². The topological polar surface area (TPSA) is 59.2 Å². The number of rotatable bonds is 3. The van der Waals surface area contributed by atoms with Crippen molar-refractivity contribution in [2.45, 2.75) is 45.1 Å². The maximum atomic E-state index is 12.4. The fraction of sp³-hybridized carbons (Fsp3) is 0.692. The number of hydrogen-bond acceptors (Lipinski definition) is 4. The summed E-state index contributed by atoms with van der Waals surface area (Å²) in [6.45, 7) is 5.55. The molecule has 0 radical (unpaired) electrons. The lowest BCUT2D eigenvalue weighted by molar-refractivity contribution is 0.0618. The minimum Gasteiger partial charge on any atom is -0.333 e. The summed E-state index contributed by atoms with van der Waals surface area (Å²) in [5.41, 5.74) is 6.34. The molecule has 1 aromatic rings. The number of amides is 1. The zero-order valence-corrected chi connectivity index (χ0v) is 14.3. The predicted molar refractivity (Wildman–Crippen MR) is 88.4 cm³/mol. The first-order valence-electron chi connectivity index (χ1n) is 6.60. The van der Waals surface area contributed by atoms with Crippen LogP contribution in [0.3, 0.4) is 0 Å². The van der Waals surface area contributed by atoms with E-state index in [0.717, 1.165) is 24.4 Å². The molecule has 1 fully saturated rings. The average Bonchev–Trinajstić information content (AvgIpc) is 2.87. The molecule has 0 spiro atoms. The number of likely N-dealkylation sites (tertiary alicyclic amines) is 1. The van der Waals surface area contributed by atoms with Crippen molar-refractivity contribution in [3.05, 3.63) is 16.1 Å². The molecule has 1 aliphatic rings. The third-order valence-corrected chi connectivity index (χ3v) is 4.54. The summed E-state index contributed by atoms with van der Waals surface area (Å²) in [7, 11) is 0. The van der Waals surface area contributed by atoms with Crippen molar-refractivity contribution in [1.82, 2.24) is 9.88 Å². The molecular weight excluding hydrogens is 317 g/mol. The first kappa shape index (κ1) is 19.6. The number of halogens is 2. The summed E-state index contributed by atoms with van der Waals surface area (Å²) in [4.78, 5) is 18.8. The van der Waals surface area contributed by atoms with Gasteiger partial charge in [-0.05, 0) is 19.3 Å². The lowest BCUT2D eigenvalue weighted by atomic mass is 10.0. The summed E-state index contributed by atoms with van der Waals surface area (Å²) in [6.07, 6.45) is 3.26. The molecule has 116 valence electrons. The minimum atomic E-state index is 0. The average molecular weight is 340 g/mol. The second-order valence-electron chi connectivity index (χ2n) is 5.11. The Hall–Kier alpha value is -0.360. The van der Waals surface area contributed by atoms with E-state index in [-0.39, 0.29) is 36.8 Å². The quantitative estimate of drug-likeness (QED) is 0.920. The van der Waals surface area contributed by atoms with E-state index in [4.69, 9.17) is 5.73 Å². The van der Waals surface area contributed by atoms with Gasteiger partial charge in [0.25, 0.3) is 5.91 Å². The number of nitrogens with zero attached hydrogens (tertiary/aromatic N) is 2. The molecule has 2 rings (SSSR count). The summed E-state index contributed by atoms with van der Waals surface area (Å²) < 4.78 is 0. The standard InChI is InChI=1S/C13H21N3OS.2ClH/c1-9(2)12-15-11(8-18-12)13(17)16-6-4-3-5-10(16)7-14;;/h8-10H,3-7,14H2,1-2H3;2*1H. The van der Waals surface area contributed by atoms with Crippen LogP contribution in [-0.2, 0) is 0 Å². The molecule has 0 saturated carbocycles. The zero-order valence-electron chi connectivity index (χ0n) is 11.9. The Kier molecular flexibility index (Phi) is 8.66. The Morgan fingerprint density at radius 1 is 1.50 bits per heavy atom. The van der Waals surface area contributed by atoms with Gasteiger partial charge in [-0.25, -0.2) is 4.98 Å². The van der Waals surface area contributed by atoms with Crippen LogP contribution in [0.15, 0.2) is 5.38 Å². The third kappa shape index (κ3) is 4.32. The Morgan fingerprint density at radius 3 is 2.75 bits per heavy atom. The molecule has 2 N–H and O–H groups in total. The highest BCUT2D eigenvalue weighted by molar-refractivity contribution is 7.09. The Morgan fingerprint density at radius 2 is 2.20 bits per heavy atom. The van der Waals surface area contributed by atoms with Gasteiger partial charge in [0.05, 0.1) is 5.01 Å². The van der Waals surface area contributed by atoms with Crippen molar-refractivity contribution >= 4 is 42.1 Å². The highest BCUT2D eigenvalue weighted by atomic mass is 35.5. The summed E-state index contributed by atoms with van der Waals surface area (Å²) in [5.74, 6) is 0.427. The largest absolute Gasteiger partial charge is 0.333 e. The van der Waals surface area contributed by atoms with E-state index >= 15 is 0 Å². The monoisotopic (exact) mass is 339 g/mol. The molecule has 1 aromatic heterocycles. The molecule has 1 unspecified atom stereocenters. The number of nitrogens with two attached hydrogens (primary N) is 1. The van der Waals surface area contributed by atoms with Crippen LogP contribution in [0.25, 0.3) is 0 Å². The zero-order chi connectivity index (χ0) is 13.1. The summed E-state index contributed by atoms with van der Waals surface area (Å²) >= 11 is 1.57. The van der Waals surface area contributed by atoms with E-state index in [2.05, 4.69) is 18.8 Å². The van der Waals surface area contributed by atoms with Crippen molar-refractivity contribution in [3.63, 3.8) is 0 Å². The van der Waals surface area contributed by atoms with Crippen LogP contribution < -0.4 is 5.73 Å². The molecule has 0 aromatic carbocycles.